The summed E-state index contributed by atoms with van der Waals surface area (Å²) in [7, 11) is 1.61. The van der Waals surface area contributed by atoms with Crippen molar-refractivity contribution in [3.05, 3.63) is 42.0 Å². The van der Waals surface area contributed by atoms with E-state index in [0.29, 0.717) is 35.6 Å². The summed E-state index contributed by atoms with van der Waals surface area (Å²) in [4.78, 5) is 0. The summed E-state index contributed by atoms with van der Waals surface area (Å²) < 4.78 is 46.3. The Morgan fingerprint density at radius 1 is 1.15 bits per heavy atom. The van der Waals surface area contributed by atoms with Gasteiger partial charge in [-0.15, -0.1) is 15.3 Å². The van der Waals surface area contributed by atoms with Crippen molar-refractivity contribution in [1.82, 2.24) is 35.0 Å². The Balaban J connectivity index is 1.72. The maximum atomic E-state index is 12.7. The molecule has 0 radical (unpaired) electrons. The minimum Gasteiger partial charge on any atom is -0.383 e. The zero-order chi connectivity index (χ0) is 18.6. The van der Waals surface area contributed by atoms with E-state index in [1.807, 2.05) is 4.57 Å². The number of benzene rings is 1. The van der Waals surface area contributed by atoms with Gasteiger partial charge in [0.05, 0.1) is 23.6 Å². The number of aromatic nitrogens is 7. The van der Waals surface area contributed by atoms with Crippen molar-refractivity contribution >= 4 is 11.8 Å². The summed E-state index contributed by atoms with van der Waals surface area (Å²) in [5.41, 5.74) is -0.282. The van der Waals surface area contributed by atoms with E-state index in [0.717, 1.165) is 12.1 Å². The molecule has 8 nitrogen and oxygen atoms in total. The molecular formula is C14H14F3N7OS. The highest BCUT2D eigenvalue weighted by atomic mass is 32.2. The van der Waals surface area contributed by atoms with Gasteiger partial charge in [0.15, 0.2) is 11.0 Å². The number of hydrogen-bond acceptors (Lipinski definition) is 7. The van der Waals surface area contributed by atoms with Crippen molar-refractivity contribution in [3.63, 3.8) is 0 Å². The summed E-state index contributed by atoms with van der Waals surface area (Å²) in [5.74, 6) is 0.857. The first-order chi connectivity index (χ1) is 12.5. The number of halogens is 3. The third-order valence-corrected chi connectivity index (χ3v) is 4.40. The fraction of sp³-hybridized carbons (Fsp3) is 0.357. The van der Waals surface area contributed by atoms with Crippen LogP contribution in [0.25, 0.3) is 5.69 Å². The van der Waals surface area contributed by atoms with Gasteiger partial charge in [0.25, 0.3) is 0 Å². The van der Waals surface area contributed by atoms with Crippen LogP contribution >= 0.6 is 11.8 Å². The van der Waals surface area contributed by atoms with Crippen LogP contribution in [-0.2, 0) is 23.2 Å². The third kappa shape index (κ3) is 4.19. The van der Waals surface area contributed by atoms with Crippen LogP contribution in [0.3, 0.4) is 0 Å². The number of ether oxygens (including phenoxy) is 1. The Morgan fingerprint density at radius 2 is 1.92 bits per heavy atom. The van der Waals surface area contributed by atoms with Crippen molar-refractivity contribution in [3.8, 4) is 5.69 Å². The molecule has 3 aromatic rings. The molecule has 0 bridgehead atoms. The SMILES string of the molecule is COCCn1cnnc1SCc1nnnn1-c1ccc(C(F)(F)F)cc1. The molecule has 0 aliphatic carbocycles. The maximum absolute atomic E-state index is 12.7. The van der Waals surface area contributed by atoms with Crippen molar-refractivity contribution in [2.45, 2.75) is 23.6 Å². The van der Waals surface area contributed by atoms with Crippen LogP contribution in [0.1, 0.15) is 11.4 Å². The van der Waals surface area contributed by atoms with Gasteiger partial charge in [-0.2, -0.15) is 17.9 Å². The van der Waals surface area contributed by atoms with E-state index in [1.54, 1.807) is 13.4 Å². The largest absolute Gasteiger partial charge is 0.416 e. The van der Waals surface area contributed by atoms with Crippen LogP contribution in [0.4, 0.5) is 13.2 Å². The molecule has 3 rings (SSSR count). The Labute approximate surface area is 150 Å². The molecule has 138 valence electrons. The molecule has 0 N–H and O–H groups in total. The molecule has 0 atom stereocenters. The minimum absolute atomic E-state index is 0.375. The fourth-order valence-electron chi connectivity index (χ4n) is 2.12. The highest BCUT2D eigenvalue weighted by Crippen LogP contribution is 2.29. The average Bonchev–Trinajstić information content (AvgIpc) is 3.26. The van der Waals surface area contributed by atoms with E-state index in [2.05, 4.69) is 25.7 Å². The van der Waals surface area contributed by atoms with Gasteiger partial charge >= 0.3 is 6.18 Å². The van der Waals surface area contributed by atoms with E-state index >= 15 is 0 Å². The molecule has 0 unspecified atom stereocenters. The van der Waals surface area contributed by atoms with Crippen LogP contribution in [0.15, 0.2) is 35.7 Å². The number of nitrogens with zero attached hydrogens (tertiary/aromatic N) is 7. The van der Waals surface area contributed by atoms with Gasteiger partial charge in [0.2, 0.25) is 0 Å². The normalized spacial score (nSPS) is 11.8. The van der Waals surface area contributed by atoms with Gasteiger partial charge in [-0.1, -0.05) is 11.8 Å². The summed E-state index contributed by atoms with van der Waals surface area (Å²) in [6.07, 6.45) is -2.79. The van der Waals surface area contributed by atoms with E-state index in [-0.39, 0.29) is 0 Å². The minimum atomic E-state index is -4.38. The number of thioether (sulfide) groups is 1. The first-order valence-electron chi connectivity index (χ1n) is 7.43. The molecule has 0 aliphatic rings. The summed E-state index contributed by atoms with van der Waals surface area (Å²) >= 11 is 1.37. The van der Waals surface area contributed by atoms with Gasteiger partial charge in [-0.3, -0.25) is 0 Å². The molecule has 0 aliphatic heterocycles. The Hall–Kier alpha value is -2.47. The van der Waals surface area contributed by atoms with E-state index in [9.17, 15) is 13.2 Å². The van der Waals surface area contributed by atoms with E-state index in [4.69, 9.17) is 4.74 Å². The van der Waals surface area contributed by atoms with Gasteiger partial charge in [0.1, 0.15) is 6.33 Å². The van der Waals surface area contributed by atoms with E-state index < -0.39 is 11.7 Å². The zero-order valence-corrected chi connectivity index (χ0v) is 14.4. The fourth-order valence-corrected chi connectivity index (χ4v) is 2.96. The lowest BCUT2D eigenvalue weighted by Crippen LogP contribution is -2.07. The molecule has 12 heteroatoms. The first-order valence-corrected chi connectivity index (χ1v) is 8.42. The molecule has 0 spiro atoms. The lowest BCUT2D eigenvalue weighted by Gasteiger charge is -2.08. The second-order valence-corrected chi connectivity index (χ2v) is 6.08. The Bertz CT molecular complexity index is 847. The predicted molar refractivity (Wildman–Crippen MR) is 85.6 cm³/mol. The molecule has 0 amide bonds. The number of tetrazole rings is 1. The first kappa shape index (κ1) is 18.3. The Morgan fingerprint density at radius 3 is 2.62 bits per heavy atom. The molecule has 26 heavy (non-hydrogen) atoms. The topological polar surface area (TPSA) is 83.5 Å². The molecule has 0 saturated heterocycles. The van der Waals surface area contributed by atoms with Crippen molar-refractivity contribution in [1.29, 1.82) is 0 Å². The van der Waals surface area contributed by atoms with Crippen molar-refractivity contribution in [2.75, 3.05) is 13.7 Å². The van der Waals surface area contributed by atoms with Crippen molar-refractivity contribution < 1.29 is 17.9 Å². The number of rotatable bonds is 7. The highest BCUT2D eigenvalue weighted by molar-refractivity contribution is 7.98. The third-order valence-electron chi connectivity index (χ3n) is 3.42. The van der Waals surface area contributed by atoms with E-state index in [1.165, 1.54) is 28.6 Å². The van der Waals surface area contributed by atoms with Gasteiger partial charge < -0.3 is 9.30 Å². The molecule has 0 fully saturated rings. The predicted octanol–water partition coefficient (Wildman–Crippen LogP) is 2.21. The molecule has 1 aromatic carbocycles. The lowest BCUT2D eigenvalue weighted by molar-refractivity contribution is -0.137. The molecular weight excluding hydrogens is 371 g/mol. The molecule has 0 saturated carbocycles. The lowest BCUT2D eigenvalue weighted by atomic mass is 10.2. The van der Waals surface area contributed by atoms with Gasteiger partial charge in [-0.25, -0.2) is 0 Å². The number of hydrogen-bond donors (Lipinski definition) is 0. The maximum Gasteiger partial charge on any atom is 0.416 e. The van der Waals surface area contributed by atoms with Crippen LogP contribution in [0, 0.1) is 0 Å². The standard InChI is InChI=1S/C14H14F3N7OS/c1-25-7-6-23-9-18-20-13(23)26-8-12-19-21-22-24(12)11-4-2-10(3-5-11)14(15,16)17/h2-5,9H,6-8H2,1H3. The second-order valence-electron chi connectivity index (χ2n) is 5.14. The van der Waals surface area contributed by atoms with Crippen LogP contribution in [0.2, 0.25) is 0 Å². The molecule has 2 heterocycles. The zero-order valence-electron chi connectivity index (χ0n) is 13.6. The van der Waals surface area contributed by atoms with Gasteiger partial charge in [0, 0.05) is 13.7 Å². The van der Waals surface area contributed by atoms with Crippen molar-refractivity contribution in [2.24, 2.45) is 0 Å². The van der Waals surface area contributed by atoms with Crippen LogP contribution in [0.5, 0.6) is 0 Å². The van der Waals surface area contributed by atoms with Crippen LogP contribution in [-0.4, -0.2) is 48.7 Å². The number of alkyl halides is 3. The van der Waals surface area contributed by atoms with Gasteiger partial charge in [-0.05, 0) is 34.7 Å². The second kappa shape index (κ2) is 7.83. The monoisotopic (exact) mass is 385 g/mol. The molecule has 2 aromatic heterocycles. The average molecular weight is 385 g/mol. The smallest absolute Gasteiger partial charge is 0.383 e. The van der Waals surface area contributed by atoms with Crippen LogP contribution < -0.4 is 0 Å². The Kier molecular flexibility index (Phi) is 5.52. The highest BCUT2D eigenvalue weighted by Gasteiger charge is 2.30. The quantitative estimate of drug-likeness (QED) is 0.577. The summed E-state index contributed by atoms with van der Waals surface area (Å²) in [6.45, 7) is 1.13. The summed E-state index contributed by atoms with van der Waals surface area (Å²) in [6, 6.07) is 4.65. The summed E-state index contributed by atoms with van der Waals surface area (Å²) in [5, 5.41) is 19.9. The number of methoxy groups -OCH3 is 1.